The quantitative estimate of drug-likeness (QED) is 0.851. The van der Waals surface area contributed by atoms with Crippen LogP contribution in [0.25, 0.3) is 0 Å². The molecule has 0 bridgehead atoms. The summed E-state index contributed by atoms with van der Waals surface area (Å²) >= 11 is 0.879. The van der Waals surface area contributed by atoms with Crippen LogP contribution in [0.5, 0.6) is 0 Å². The van der Waals surface area contributed by atoms with Crippen LogP contribution < -0.4 is 4.72 Å². The highest BCUT2D eigenvalue weighted by Gasteiger charge is 2.18. The summed E-state index contributed by atoms with van der Waals surface area (Å²) < 4.78 is 39.0. The molecule has 0 atom stereocenters. The molecule has 2 N–H and O–H groups in total. The van der Waals surface area contributed by atoms with E-state index < -0.39 is 21.8 Å². The van der Waals surface area contributed by atoms with Crippen molar-refractivity contribution in [3.05, 3.63) is 39.9 Å². The molecule has 0 saturated heterocycles. The van der Waals surface area contributed by atoms with Crippen molar-refractivity contribution in [3.63, 3.8) is 0 Å². The van der Waals surface area contributed by atoms with Gasteiger partial charge in [0.1, 0.15) is 20.6 Å². The van der Waals surface area contributed by atoms with Gasteiger partial charge in [0.25, 0.3) is 0 Å². The van der Waals surface area contributed by atoms with Gasteiger partial charge in [-0.3, -0.25) is 4.98 Å². The molecule has 112 valence electrons. The predicted molar refractivity (Wildman–Crippen MR) is 72.0 cm³/mol. The lowest BCUT2D eigenvalue weighted by atomic mass is 10.4. The first-order valence-corrected chi connectivity index (χ1v) is 7.89. The minimum atomic E-state index is -3.94. The molecule has 10 heteroatoms. The van der Waals surface area contributed by atoms with Crippen LogP contribution in [0.3, 0.4) is 0 Å². The number of halogens is 1. The molecule has 0 radical (unpaired) electrons. The molecule has 0 aromatic carbocycles. The number of carboxylic acids is 1. The average molecular weight is 331 g/mol. The van der Waals surface area contributed by atoms with Crippen LogP contribution in [0, 0.1) is 12.7 Å². The summed E-state index contributed by atoms with van der Waals surface area (Å²) in [5, 5.41) is 9.20. The number of aryl methyl sites for hydroxylation is 1. The van der Waals surface area contributed by atoms with Gasteiger partial charge in [-0.25, -0.2) is 27.3 Å². The van der Waals surface area contributed by atoms with E-state index in [2.05, 4.69) is 14.7 Å². The van der Waals surface area contributed by atoms with Crippen molar-refractivity contribution in [1.82, 2.24) is 14.7 Å². The molecule has 0 saturated carbocycles. The Labute approximate surface area is 123 Å². The van der Waals surface area contributed by atoms with E-state index in [1.807, 2.05) is 0 Å². The average Bonchev–Trinajstić information content (AvgIpc) is 2.78. The van der Waals surface area contributed by atoms with Crippen LogP contribution in [0.4, 0.5) is 4.39 Å². The zero-order valence-electron chi connectivity index (χ0n) is 10.7. The molecule has 0 amide bonds. The molecule has 2 heterocycles. The van der Waals surface area contributed by atoms with E-state index in [0.717, 1.165) is 29.8 Å². The third-order valence-corrected chi connectivity index (χ3v) is 4.95. The van der Waals surface area contributed by atoms with Crippen LogP contribution in [0.15, 0.2) is 23.4 Å². The second-order valence-corrected chi connectivity index (χ2v) is 6.84. The van der Waals surface area contributed by atoms with Crippen molar-refractivity contribution in [2.75, 3.05) is 0 Å². The Morgan fingerprint density at radius 1 is 1.48 bits per heavy atom. The zero-order chi connectivity index (χ0) is 15.6. The molecule has 2 rings (SSSR count). The number of rotatable bonds is 5. The summed E-state index contributed by atoms with van der Waals surface area (Å²) in [5.74, 6) is -1.88. The standard InChI is InChI=1S/C11H10FN3O4S2/c1-6-10(11(16)17)20-9(15-6)5-14-21(18,19)8-2-7(12)3-13-4-8/h2-4,14H,5H2,1H3,(H,16,17). The number of aromatic carboxylic acids is 1. The van der Waals surface area contributed by atoms with Gasteiger partial charge in [0.05, 0.1) is 18.4 Å². The first-order chi connectivity index (χ1) is 9.79. The van der Waals surface area contributed by atoms with Gasteiger partial charge in [0, 0.05) is 6.20 Å². The highest BCUT2D eigenvalue weighted by atomic mass is 32.2. The Morgan fingerprint density at radius 2 is 2.19 bits per heavy atom. The summed E-state index contributed by atoms with van der Waals surface area (Å²) in [5.41, 5.74) is 0.314. The molecule has 0 spiro atoms. The zero-order valence-corrected chi connectivity index (χ0v) is 12.3. The van der Waals surface area contributed by atoms with Crippen molar-refractivity contribution in [3.8, 4) is 0 Å². The van der Waals surface area contributed by atoms with E-state index in [1.165, 1.54) is 6.92 Å². The Morgan fingerprint density at radius 3 is 2.76 bits per heavy atom. The summed E-state index contributed by atoms with van der Waals surface area (Å²) in [7, 11) is -3.94. The molecular formula is C11H10FN3O4S2. The largest absolute Gasteiger partial charge is 0.477 e. The number of nitrogens with zero attached hydrogens (tertiary/aromatic N) is 2. The van der Waals surface area contributed by atoms with Crippen LogP contribution in [-0.4, -0.2) is 29.5 Å². The van der Waals surface area contributed by atoms with Gasteiger partial charge in [-0.1, -0.05) is 0 Å². The summed E-state index contributed by atoms with van der Waals surface area (Å²) in [4.78, 5) is 18.0. The smallest absolute Gasteiger partial charge is 0.347 e. The topological polar surface area (TPSA) is 109 Å². The van der Waals surface area contributed by atoms with Crippen LogP contribution in [0.1, 0.15) is 20.4 Å². The fourth-order valence-corrected chi connectivity index (χ4v) is 3.40. The van der Waals surface area contributed by atoms with Crippen molar-refractivity contribution in [2.45, 2.75) is 18.4 Å². The molecule has 21 heavy (non-hydrogen) atoms. The summed E-state index contributed by atoms with van der Waals surface area (Å²) in [6.07, 6.45) is 1.91. The molecule has 0 unspecified atom stereocenters. The molecule has 0 aliphatic carbocycles. The van der Waals surface area contributed by atoms with Crippen LogP contribution in [-0.2, 0) is 16.6 Å². The Balaban J connectivity index is 2.15. The van der Waals surface area contributed by atoms with E-state index in [0.29, 0.717) is 10.7 Å². The highest BCUT2D eigenvalue weighted by Crippen LogP contribution is 2.18. The first kappa shape index (κ1) is 15.5. The van der Waals surface area contributed by atoms with Gasteiger partial charge in [-0.05, 0) is 13.0 Å². The number of sulfonamides is 1. The van der Waals surface area contributed by atoms with Gasteiger partial charge in [-0.15, -0.1) is 11.3 Å². The number of aromatic nitrogens is 2. The normalized spacial score (nSPS) is 11.5. The van der Waals surface area contributed by atoms with Crippen molar-refractivity contribution >= 4 is 27.3 Å². The van der Waals surface area contributed by atoms with Crippen molar-refractivity contribution in [2.24, 2.45) is 0 Å². The SMILES string of the molecule is Cc1nc(CNS(=O)(=O)c2cncc(F)c2)sc1C(=O)O. The van der Waals surface area contributed by atoms with Gasteiger partial charge in [-0.2, -0.15) is 0 Å². The first-order valence-electron chi connectivity index (χ1n) is 5.59. The maximum Gasteiger partial charge on any atom is 0.347 e. The lowest BCUT2D eigenvalue weighted by molar-refractivity contribution is 0.0701. The fourth-order valence-electron chi connectivity index (χ4n) is 1.51. The minimum Gasteiger partial charge on any atom is -0.477 e. The molecule has 0 aliphatic rings. The molecule has 2 aromatic heterocycles. The Kier molecular flexibility index (Phi) is 4.30. The summed E-state index contributed by atoms with van der Waals surface area (Å²) in [6.45, 7) is 1.34. The van der Waals surface area contributed by atoms with Crippen molar-refractivity contribution < 1.29 is 22.7 Å². The molecule has 0 fully saturated rings. The van der Waals surface area contributed by atoms with Gasteiger partial charge < -0.3 is 5.11 Å². The molecular weight excluding hydrogens is 321 g/mol. The van der Waals surface area contributed by atoms with E-state index in [1.54, 1.807) is 0 Å². The molecule has 2 aromatic rings. The Hall–Kier alpha value is -1.91. The van der Waals surface area contributed by atoms with Crippen LogP contribution >= 0.6 is 11.3 Å². The maximum atomic E-state index is 13.0. The monoisotopic (exact) mass is 331 g/mol. The third-order valence-electron chi connectivity index (χ3n) is 2.44. The second kappa shape index (κ2) is 5.84. The highest BCUT2D eigenvalue weighted by molar-refractivity contribution is 7.89. The number of thiazole rings is 1. The number of carbonyl (C=O) groups is 1. The number of nitrogens with one attached hydrogen (secondary N) is 1. The van der Waals surface area contributed by atoms with E-state index >= 15 is 0 Å². The van der Waals surface area contributed by atoms with E-state index in [4.69, 9.17) is 5.11 Å². The number of hydrogen-bond acceptors (Lipinski definition) is 6. The summed E-state index contributed by atoms with van der Waals surface area (Å²) in [6, 6.07) is 0.838. The predicted octanol–water partition coefficient (Wildman–Crippen LogP) is 1.16. The van der Waals surface area contributed by atoms with Crippen molar-refractivity contribution in [1.29, 1.82) is 0 Å². The van der Waals surface area contributed by atoms with E-state index in [-0.39, 0.29) is 16.3 Å². The Bertz CT molecular complexity index is 789. The number of carboxylic acid groups (broad SMARTS) is 1. The van der Waals surface area contributed by atoms with E-state index in [9.17, 15) is 17.6 Å². The minimum absolute atomic E-state index is 0.0524. The molecule has 0 aliphatic heterocycles. The van der Waals surface area contributed by atoms with Gasteiger partial charge >= 0.3 is 5.97 Å². The lowest BCUT2D eigenvalue weighted by Gasteiger charge is -2.04. The number of pyridine rings is 1. The second-order valence-electron chi connectivity index (χ2n) is 3.99. The van der Waals surface area contributed by atoms with Crippen LogP contribution in [0.2, 0.25) is 0 Å². The maximum absolute atomic E-state index is 13.0. The number of hydrogen-bond donors (Lipinski definition) is 2. The fraction of sp³-hybridized carbons (Fsp3) is 0.182. The van der Waals surface area contributed by atoms with Gasteiger partial charge in [0.2, 0.25) is 10.0 Å². The molecule has 7 nitrogen and oxygen atoms in total. The van der Waals surface area contributed by atoms with Gasteiger partial charge in [0.15, 0.2) is 0 Å². The lowest BCUT2D eigenvalue weighted by Crippen LogP contribution is -2.23. The third kappa shape index (κ3) is 3.60.